The van der Waals surface area contributed by atoms with Crippen molar-refractivity contribution < 1.29 is 9.53 Å². The van der Waals surface area contributed by atoms with E-state index >= 15 is 0 Å². The monoisotopic (exact) mass is 402 g/mol. The van der Waals surface area contributed by atoms with Gasteiger partial charge in [0.1, 0.15) is 5.65 Å². The number of hydrogen-bond acceptors (Lipinski definition) is 5. The SMILES string of the molecule is CC(=O)NC[C@H]1[C@H]2CN(Cc3cc(=O)n4cc(Cl)ccc4n3)C[C@]23CC[C@H]1O3. The summed E-state index contributed by atoms with van der Waals surface area (Å²) in [7, 11) is 0. The van der Waals surface area contributed by atoms with Gasteiger partial charge in [0.2, 0.25) is 5.91 Å². The van der Waals surface area contributed by atoms with Crippen molar-refractivity contribution in [2.75, 3.05) is 19.6 Å². The maximum absolute atomic E-state index is 12.4. The molecule has 7 nitrogen and oxygen atoms in total. The fourth-order valence-corrected chi connectivity index (χ4v) is 5.54. The number of likely N-dealkylation sites (tertiary alicyclic amines) is 1. The smallest absolute Gasteiger partial charge is 0.258 e. The van der Waals surface area contributed by atoms with Gasteiger partial charge in [-0.2, -0.15) is 0 Å². The van der Waals surface area contributed by atoms with Gasteiger partial charge in [-0.05, 0) is 25.0 Å². The van der Waals surface area contributed by atoms with Crippen LogP contribution in [-0.2, 0) is 16.1 Å². The molecule has 0 radical (unpaired) electrons. The van der Waals surface area contributed by atoms with E-state index in [0.717, 1.165) is 31.6 Å². The van der Waals surface area contributed by atoms with E-state index < -0.39 is 0 Å². The molecule has 0 aromatic carbocycles. The Hall–Kier alpha value is -1.96. The first-order valence-electron chi connectivity index (χ1n) is 9.76. The molecule has 0 saturated carbocycles. The summed E-state index contributed by atoms with van der Waals surface area (Å²) in [6.45, 7) is 4.61. The van der Waals surface area contributed by atoms with Crippen LogP contribution in [0.25, 0.3) is 5.65 Å². The predicted octanol–water partition coefficient (Wildman–Crippen LogP) is 1.46. The number of amides is 1. The van der Waals surface area contributed by atoms with Crippen LogP contribution in [-0.4, -0.2) is 51.5 Å². The number of pyridine rings is 1. The summed E-state index contributed by atoms with van der Waals surface area (Å²) in [4.78, 5) is 30.8. The number of nitrogens with one attached hydrogen (secondary N) is 1. The highest BCUT2D eigenvalue weighted by Gasteiger charge is 2.62. The Bertz CT molecular complexity index is 1010. The molecule has 4 atom stereocenters. The quantitative estimate of drug-likeness (QED) is 0.838. The van der Waals surface area contributed by atoms with Crippen molar-refractivity contribution >= 4 is 23.2 Å². The third-order valence-electron chi connectivity index (χ3n) is 6.50. The van der Waals surface area contributed by atoms with Crippen molar-refractivity contribution in [3.63, 3.8) is 0 Å². The van der Waals surface area contributed by atoms with E-state index in [4.69, 9.17) is 16.3 Å². The van der Waals surface area contributed by atoms with Gasteiger partial charge in [0, 0.05) is 57.2 Å². The Balaban J connectivity index is 1.35. The second-order valence-corrected chi connectivity index (χ2v) is 8.73. The minimum atomic E-state index is -0.124. The van der Waals surface area contributed by atoms with Gasteiger partial charge >= 0.3 is 0 Å². The zero-order valence-electron chi connectivity index (χ0n) is 15.7. The number of fused-ring (bicyclic) bond motifs is 2. The van der Waals surface area contributed by atoms with E-state index in [1.54, 1.807) is 31.3 Å². The number of nitrogens with zero attached hydrogens (tertiary/aromatic N) is 3. The van der Waals surface area contributed by atoms with Crippen LogP contribution in [0.3, 0.4) is 0 Å². The Morgan fingerprint density at radius 3 is 3.14 bits per heavy atom. The lowest BCUT2D eigenvalue weighted by Gasteiger charge is -2.29. The number of carbonyl (C=O) groups excluding carboxylic acids is 1. The van der Waals surface area contributed by atoms with Gasteiger partial charge in [-0.15, -0.1) is 0 Å². The molecule has 0 aliphatic carbocycles. The van der Waals surface area contributed by atoms with Gasteiger partial charge in [0.25, 0.3) is 5.56 Å². The first-order valence-corrected chi connectivity index (χ1v) is 10.1. The topological polar surface area (TPSA) is 75.9 Å². The average molecular weight is 403 g/mol. The maximum atomic E-state index is 12.4. The average Bonchev–Trinajstić information content (AvgIpc) is 3.28. The Morgan fingerprint density at radius 2 is 2.32 bits per heavy atom. The fraction of sp³-hybridized carbons (Fsp3) is 0.550. The number of hydrogen-bond donors (Lipinski definition) is 1. The summed E-state index contributed by atoms with van der Waals surface area (Å²) in [5.74, 6) is 0.783. The van der Waals surface area contributed by atoms with Crippen molar-refractivity contribution in [3.05, 3.63) is 45.5 Å². The molecule has 1 amide bonds. The second kappa shape index (κ2) is 6.54. The normalized spacial score (nSPS) is 31.4. The van der Waals surface area contributed by atoms with Gasteiger partial charge in [0.05, 0.1) is 22.4 Å². The van der Waals surface area contributed by atoms with Crippen LogP contribution in [0.15, 0.2) is 29.2 Å². The van der Waals surface area contributed by atoms with Crippen LogP contribution in [0.5, 0.6) is 0 Å². The molecule has 2 aromatic heterocycles. The van der Waals surface area contributed by atoms with Crippen molar-refractivity contribution in [2.45, 2.75) is 38.0 Å². The molecule has 8 heteroatoms. The van der Waals surface area contributed by atoms with Crippen LogP contribution in [0.4, 0.5) is 0 Å². The Labute approximate surface area is 167 Å². The molecule has 148 valence electrons. The minimum absolute atomic E-state index is 0.00705. The van der Waals surface area contributed by atoms with E-state index in [9.17, 15) is 9.59 Å². The van der Waals surface area contributed by atoms with E-state index in [0.29, 0.717) is 35.6 Å². The third kappa shape index (κ3) is 2.93. The maximum Gasteiger partial charge on any atom is 0.258 e. The van der Waals surface area contributed by atoms with E-state index in [1.165, 1.54) is 4.40 Å². The van der Waals surface area contributed by atoms with Gasteiger partial charge in [-0.25, -0.2) is 4.98 Å². The van der Waals surface area contributed by atoms with Gasteiger partial charge < -0.3 is 10.1 Å². The Kier molecular flexibility index (Phi) is 4.23. The minimum Gasteiger partial charge on any atom is -0.370 e. The summed E-state index contributed by atoms with van der Waals surface area (Å²) >= 11 is 5.98. The van der Waals surface area contributed by atoms with Gasteiger partial charge in [-0.1, -0.05) is 11.6 Å². The van der Waals surface area contributed by atoms with Gasteiger partial charge in [-0.3, -0.25) is 18.9 Å². The molecular formula is C20H23ClN4O3. The first kappa shape index (κ1) is 18.1. The third-order valence-corrected chi connectivity index (χ3v) is 6.73. The van der Waals surface area contributed by atoms with E-state index in [1.807, 2.05) is 0 Å². The molecule has 5 rings (SSSR count). The number of carbonyl (C=O) groups is 1. The molecule has 2 bridgehead atoms. The standard InChI is InChI=1S/C20H23ClN4O3/c1-12(26)22-7-15-16-10-24(11-20(16)5-4-17(15)28-20)9-14-6-19(27)25-8-13(21)2-3-18(25)23-14/h2-3,6,8,15-17H,4-5,7,9-11H2,1H3,(H,22,26)/t15-,16+,17+,20+/m0/s1. The Morgan fingerprint density at radius 1 is 1.46 bits per heavy atom. The van der Waals surface area contributed by atoms with E-state index in [-0.39, 0.29) is 23.2 Å². The molecule has 3 fully saturated rings. The fourth-order valence-electron chi connectivity index (χ4n) is 5.38. The summed E-state index contributed by atoms with van der Waals surface area (Å²) in [6, 6.07) is 5.09. The molecule has 3 aliphatic heterocycles. The highest BCUT2D eigenvalue weighted by Crippen LogP contribution is 2.54. The molecule has 3 aliphatic rings. The van der Waals surface area contributed by atoms with Crippen molar-refractivity contribution in [1.82, 2.24) is 19.6 Å². The molecule has 1 N–H and O–H groups in total. The predicted molar refractivity (Wildman–Crippen MR) is 104 cm³/mol. The summed E-state index contributed by atoms with van der Waals surface area (Å²) in [5.41, 5.74) is 1.13. The number of rotatable bonds is 4. The zero-order chi connectivity index (χ0) is 19.5. The van der Waals surface area contributed by atoms with Crippen LogP contribution in [0, 0.1) is 11.8 Å². The second-order valence-electron chi connectivity index (χ2n) is 8.30. The lowest BCUT2D eigenvalue weighted by molar-refractivity contribution is -0.119. The lowest BCUT2D eigenvalue weighted by Crippen LogP contribution is -2.41. The number of ether oxygens (including phenoxy) is 1. The van der Waals surface area contributed by atoms with Crippen LogP contribution < -0.4 is 10.9 Å². The first-order chi connectivity index (χ1) is 13.4. The molecule has 5 heterocycles. The molecular weight excluding hydrogens is 380 g/mol. The molecule has 0 unspecified atom stereocenters. The zero-order valence-corrected chi connectivity index (χ0v) is 16.5. The highest BCUT2D eigenvalue weighted by molar-refractivity contribution is 6.30. The molecule has 1 spiro atoms. The van der Waals surface area contributed by atoms with Gasteiger partial charge in [0.15, 0.2) is 0 Å². The van der Waals surface area contributed by atoms with E-state index in [2.05, 4.69) is 15.2 Å². The largest absolute Gasteiger partial charge is 0.370 e. The van der Waals surface area contributed by atoms with Crippen molar-refractivity contribution in [2.24, 2.45) is 11.8 Å². The van der Waals surface area contributed by atoms with Crippen LogP contribution in [0.2, 0.25) is 5.02 Å². The van der Waals surface area contributed by atoms with Crippen LogP contribution >= 0.6 is 11.6 Å². The molecule has 28 heavy (non-hydrogen) atoms. The summed E-state index contributed by atoms with van der Waals surface area (Å²) in [6.07, 6.45) is 3.98. The number of halogens is 1. The van der Waals surface area contributed by atoms with Crippen LogP contribution in [0.1, 0.15) is 25.5 Å². The summed E-state index contributed by atoms with van der Waals surface area (Å²) < 4.78 is 7.88. The highest BCUT2D eigenvalue weighted by atomic mass is 35.5. The molecule has 3 saturated heterocycles. The van der Waals surface area contributed by atoms with Crippen molar-refractivity contribution in [1.29, 1.82) is 0 Å². The van der Waals surface area contributed by atoms with Crippen molar-refractivity contribution in [3.8, 4) is 0 Å². The lowest BCUT2D eigenvalue weighted by atomic mass is 9.73. The summed E-state index contributed by atoms with van der Waals surface area (Å²) in [5, 5.41) is 3.48. The molecule has 2 aromatic rings. The number of aromatic nitrogens is 2.